The topological polar surface area (TPSA) is 99.7 Å². The minimum absolute atomic E-state index is 0.0275. The maximum Gasteiger partial charge on any atom is 0.221 e. The fourth-order valence-electron chi connectivity index (χ4n) is 1.69. The van der Waals surface area contributed by atoms with Crippen molar-refractivity contribution in [2.24, 2.45) is 10.9 Å². The molecule has 0 radical (unpaired) electrons. The first kappa shape index (κ1) is 15.0. The molecule has 0 fully saturated rings. The molecular formula is C13H20N4O2. The van der Waals surface area contributed by atoms with Gasteiger partial charge in [-0.05, 0) is 12.5 Å². The van der Waals surface area contributed by atoms with Gasteiger partial charge in [0.15, 0.2) is 5.84 Å². The van der Waals surface area contributed by atoms with E-state index in [2.05, 4.69) is 15.8 Å². The molecule has 0 bridgehead atoms. The van der Waals surface area contributed by atoms with Crippen LogP contribution >= 0.6 is 0 Å². The van der Waals surface area contributed by atoms with Crippen molar-refractivity contribution in [3.8, 4) is 0 Å². The number of nitrogens with one attached hydrogen (secondary N) is 2. The molecule has 6 nitrogen and oxygen atoms in total. The quantitative estimate of drug-likeness (QED) is 0.188. The number of carbonyl (C=O) groups excluding carboxylic acids is 1. The lowest BCUT2D eigenvalue weighted by molar-refractivity contribution is -0.120. The summed E-state index contributed by atoms with van der Waals surface area (Å²) in [5.74, 6) is 0.112. The first-order chi connectivity index (χ1) is 9.19. The van der Waals surface area contributed by atoms with Crippen LogP contribution in [0.5, 0.6) is 0 Å². The zero-order chi connectivity index (χ0) is 14.1. The number of hydrogen-bond acceptors (Lipinski definition) is 4. The van der Waals surface area contributed by atoms with Crippen LogP contribution in [0.4, 0.5) is 0 Å². The van der Waals surface area contributed by atoms with E-state index in [0.29, 0.717) is 31.6 Å². The second-order valence-corrected chi connectivity index (χ2v) is 4.02. The van der Waals surface area contributed by atoms with E-state index in [4.69, 9.17) is 10.9 Å². The second kappa shape index (κ2) is 8.10. The molecule has 104 valence electrons. The van der Waals surface area contributed by atoms with Crippen LogP contribution < -0.4 is 16.4 Å². The minimum atomic E-state index is 0.0275. The standard InChI is InChI=1S/C13H20N4O2/c1-2-16-12(18)7-8-15-9-10-5-3-4-6-11(10)13(14)17-19/h3-6,15,19H,2,7-9H2,1H3,(H2,14,17)(H,16,18). The first-order valence-corrected chi connectivity index (χ1v) is 6.22. The molecule has 0 saturated carbocycles. The van der Waals surface area contributed by atoms with Crippen molar-refractivity contribution < 1.29 is 10.0 Å². The highest BCUT2D eigenvalue weighted by Gasteiger charge is 2.06. The number of rotatable bonds is 7. The molecule has 19 heavy (non-hydrogen) atoms. The van der Waals surface area contributed by atoms with Gasteiger partial charge in [-0.2, -0.15) is 0 Å². The highest BCUT2D eigenvalue weighted by Crippen LogP contribution is 2.08. The lowest BCUT2D eigenvalue weighted by Crippen LogP contribution is -2.27. The molecular weight excluding hydrogens is 244 g/mol. The largest absolute Gasteiger partial charge is 0.409 e. The Morgan fingerprint density at radius 2 is 2.16 bits per heavy atom. The minimum Gasteiger partial charge on any atom is -0.409 e. The van der Waals surface area contributed by atoms with E-state index in [0.717, 1.165) is 5.56 Å². The van der Waals surface area contributed by atoms with Crippen LogP contribution in [-0.2, 0) is 11.3 Å². The van der Waals surface area contributed by atoms with E-state index in [1.807, 2.05) is 25.1 Å². The molecule has 6 heteroatoms. The van der Waals surface area contributed by atoms with Crippen molar-refractivity contribution in [2.75, 3.05) is 13.1 Å². The lowest BCUT2D eigenvalue weighted by Gasteiger charge is -2.09. The fraction of sp³-hybridized carbons (Fsp3) is 0.385. The maximum absolute atomic E-state index is 11.3. The zero-order valence-corrected chi connectivity index (χ0v) is 11.0. The zero-order valence-electron chi connectivity index (χ0n) is 11.0. The number of nitrogens with zero attached hydrogens (tertiary/aromatic N) is 1. The molecule has 0 aromatic heterocycles. The molecule has 0 spiro atoms. The summed E-state index contributed by atoms with van der Waals surface area (Å²) in [6.45, 7) is 3.67. The van der Waals surface area contributed by atoms with Crippen molar-refractivity contribution in [1.82, 2.24) is 10.6 Å². The van der Waals surface area contributed by atoms with Crippen LogP contribution in [0.25, 0.3) is 0 Å². The number of nitrogens with two attached hydrogens (primary N) is 1. The van der Waals surface area contributed by atoms with Crippen molar-refractivity contribution in [1.29, 1.82) is 0 Å². The van der Waals surface area contributed by atoms with Gasteiger partial charge in [0.05, 0.1) is 0 Å². The van der Waals surface area contributed by atoms with Crippen LogP contribution in [0.2, 0.25) is 0 Å². The number of amides is 1. The van der Waals surface area contributed by atoms with E-state index >= 15 is 0 Å². The molecule has 0 unspecified atom stereocenters. The summed E-state index contributed by atoms with van der Waals surface area (Å²) < 4.78 is 0. The summed E-state index contributed by atoms with van der Waals surface area (Å²) in [4.78, 5) is 11.3. The van der Waals surface area contributed by atoms with E-state index in [9.17, 15) is 4.79 Å². The lowest BCUT2D eigenvalue weighted by atomic mass is 10.1. The Morgan fingerprint density at radius 1 is 1.42 bits per heavy atom. The molecule has 0 aliphatic carbocycles. The summed E-state index contributed by atoms with van der Waals surface area (Å²) in [6, 6.07) is 7.39. The van der Waals surface area contributed by atoms with Crippen LogP contribution in [0, 0.1) is 0 Å². The van der Waals surface area contributed by atoms with Crippen LogP contribution in [0.3, 0.4) is 0 Å². The van der Waals surface area contributed by atoms with E-state index in [1.54, 1.807) is 6.07 Å². The normalized spacial score (nSPS) is 11.3. The summed E-state index contributed by atoms with van der Waals surface area (Å²) in [7, 11) is 0. The second-order valence-electron chi connectivity index (χ2n) is 4.02. The average Bonchev–Trinajstić information content (AvgIpc) is 2.43. The smallest absolute Gasteiger partial charge is 0.221 e. The van der Waals surface area contributed by atoms with E-state index in [-0.39, 0.29) is 11.7 Å². The Bertz CT molecular complexity index is 446. The first-order valence-electron chi connectivity index (χ1n) is 6.22. The molecule has 0 aliphatic heterocycles. The van der Waals surface area contributed by atoms with Crippen LogP contribution in [0.1, 0.15) is 24.5 Å². The number of oxime groups is 1. The third kappa shape index (κ3) is 4.97. The molecule has 0 atom stereocenters. The Hall–Kier alpha value is -2.08. The summed E-state index contributed by atoms with van der Waals surface area (Å²) in [6.07, 6.45) is 0.430. The van der Waals surface area contributed by atoms with Gasteiger partial charge in [-0.15, -0.1) is 0 Å². The van der Waals surface area contributed by atoms with Crippen molar-refractivity contribution in [3.63, 3.8) is 0 Å². The van der Waals surface area contributed by atoms with Gasteiger partial charge in [0.25, 0.3) is 0 Å². The SMILES string of the molecule is CCNC(=O)CCNCc1ccccc1/C(N)=N/O. The highest BCUT2D eigenvalue weighted by atomic mass is 16.4. The van der Waals surface area contributed by atoms with Gasteiger partial charge in [-0.3, -0.25) is 4.79 Å². The Labute approximate surface area is 112 Å². The number of carbonyl (C=O) groups is 1. The van der Waals surface area contributed by atoms with Crippen molar-refractivity contribution >= 4 is 11.7 Å². The molecule has 1 aromatic rings. The van der Waals surface area contributed by atoms with Gasteiger partial charge in [0, 0.05) is 31.6 Å². The van der Waals surface area contributed by atoms with Crippen LogP contribution in [0.15, 0.2) is 29.4 Å². The molecule has 0 saturated heterocycles. The molecule has 1 amide bonds. The Morgan fingerprint density at radius 3 is 2.84 bits per heavy atom. The van der Waals surface area contributed by atoms with E-state index < -0.39 is 0 Å². The highest BCUT2D eigenvalue weighted by molar-refractivity contribution is 5.98. The summed E-state index contributed by atoms with van der Waals surface area (Å²) in [5, 5.41) is 17.6. The monoisotopic (exact) mass is 264 g/mol. The van der Waals surface area contributed by atoms with Gasteiger partial charge in [0.1, 0.15) is 0 Å². The van der Waals surface area contributed by atoms with Gasteiger partial charge in [-0.1, -0.05) is 29.4 Å². The summed E-state index contributed by atoms with van der Waals surface area (Å²) >= 11 is 0. The van der Waals surface area contributed by atoms with Gasteiger partial charge in [-0.25, -0.2) is 0 Å². The predicted molar refractivity (Wildman–Crippen MR) is 74.0 cm³/mol. The third-order valence-corrected chi connectivity index (χ3v) is 2.62. The van der Waals surface area contributed by atoms with Crippen molar-refractivity contribution in [3.05, 3.63) is 35.4 Å². The number of amidine groups is 1. The predicted octanol–water partition coefficient (Wildman–Crippen LogP) is 0.397. The van der Waals surface area contributed by atoms with Gasteiger partial charge >= 0.3 is 0 Å². The third-order valence-electron chi connectivity index (χ3n) is 2.62. The molecule has 1 rings (SSSR count). The van der Waals surface area contributed by atoms with Crippen LogP contribution in [-0.4, -0.2) is 30.0 Å². The number of hydrogen-bond donors (Lipinski definition) is 4. The maximum atomic E-state index is 11.3. The number of benzene rings is 1. The molecule has 1 aromatic carbocycles. The van der Waals surface area contributed by atoms with Gasteiger partial charge in [0.2, 0.25) is 5.91 Å². The van der Waals surface area contributed by atoms with Crippen molar-refractivity contribution in [2.45, 2.75) is 19.9 Å². The fourth-order valence-corrected chi connectivity index (χ4v) is 1.69. The summed E-state index contributed by atoms with van der Waals surface area (Å²) in [5.41, 5.74) is 7.21. The molecule has 0 aliphatic rings. The molecule has 0 heterocycles. The Kier molecular flexibility index (Phi) is 6.38. The van der Waals surface area contributed by atoms with Gasteiger partial charge < -0.3 is 21.6 Å². The Balaban J connectivity index is 2.48. The molecule has 5 N–H and O–H groups in total. The van der Waals surface area contributed by atoms with E-state index in [1.165, 1.54) is 0 Å². The average molecular weight is 264 g/mol.